The molecule has 3 heterocycles. The summed E-state index contributed by atoms with van der Waals surface area (Å²) in [5.41, 5.74) is 1.43. The zero-order chi connectivity index (χ0) is 21.5. The molecule has 4 aromatic rings. The first-order valence-corrected chi connectivity index (χ1v) is 9.66. The van der Waals surface area contributed by atoms with Gasteiger partial charge in [0.2, 0.25) is 5.76 Å². The van der Waals surface area contributed by atoms with Gasteiger partial charge in [-0.25, -0.2) is 4.79 Å². The molecule has 0 radical (unpaired) electrons. The molecule has 0 saturated carbocycles. The summed E-state index contributed by atoms with van der Waals surface area (Å²) in [6, 6.07) is 16.3. The number of carbonyl (C=O) groups is 2. The van der Waals surface area contributed by atoms with Crippen LogP contribution in [0.5, 0.6) is 0 Å². The molecule has 1 aliphatic rings. The first-order valence-electron chi connectivity index (χ1n) is 9.66. The van der Waals surface area contributed by atoms with Crippen LogP contribution in [0.4, 0.5) is 0 Å². The number of methoxy groups -OCH3 is 1. The molecule has 0 spiro atoms. The molecule has 1 atom stereocenters. The molecule has 1 amide bonds. The number of para-hydroxylation sites is 1. The molecule has 2 aromatic carbocycles. The second-order valence-corrected chi connectivity index (χ2v) is 7.20. The molecule has 1 aliphatic heterocycles. The van der Waals surface area contributed by atoms with E-state index >= 15 is 0 Å². The number of fused-ring (bicyclic) bond motifs is 2. The van der Waals surface area contributed by atoms with Crippen molar-refractivity contribution in [2.75, 3.05) is 7.11 Å². The standard InChI is InChI=1S/C24H17NO6/c1-29-24(28)15-10-8-14(9-11-15)20-19-21(26)17-6-2-3-7-18(17)31-22(19)23(27)25(20)13-16-5-4-12-30-16/h2-12,20H,13H2,1H3/t20-/m0/s1. The Morgan fingerprint density at radius 3 is 2.52 bits per heavy atom. The van der Waals surface area contributed by atoms with Crippen LogP contribution in [0.2, 0.25) is 0 Å². The van der Waals surface area contributed by atoms with Gasteiger partial charge in [0.05, 0.1) is 42.5 Å². The Morgan fingerprint density at radius 2 is 1.81 bits per heavy atom. The van der Waals surface area contributed by atoms with Crippen molar-refractivity contribution >= 4 is 22.8 Å². The Hall–Kier alpha value is -4.13. The van der Waals surface area contributed by atoms with Gasteiger partial charge in [-0.15, -0.1) is 0 Å². The molecular weight excluding hydrogens is 398 g/mol. The van der Waals surface area contributed by atoms with E-state index in [1.54, 1.807) is 65.6 Å². The molecule has 0 saturated heterocycles. The van der Waals surface area contributed by atoms with Crippen LogP contribution in [0.3, 0.4) is 0 Å². The number of hydrogen-bond acceptors (Lipinski definition) is 6. The van der Waals surface area contributed by atoms with E-state index in [9.17, 15) is 14.4 Å². The number of furan rings is 1. The maximum atomic E-state index is 13.4. The van der Waals surface area contributed by atoms with Gasteiger partial charge in [-0.2, -0.15) is 0 Å². The van der Waals surface area contributed by atoms with E-state index in [4.69, 9.17) is 13.6 Å². The highest BCUT2D eigenvalue weighted by Gasteiger charge is 2.43. The van der Waals surface area contributed by atoms with Crippen LogP contribution < -0.4 is 5.43 Å². The number of esters is 1. The molecule has 2 aromatic heterocycles. The van der Waals surface area contributed by atoms with E-state index in [-0.39, 0.29) is 23.3 Å². The fourth-order valence-electron chi connectivity index (χ4n) is 3.97. The Morgan fingerprint density at radius 1 is 1.03 bits per heavy atom. The molecule has 31 heavy (non-hydrogen) atoms. The Kier molecular flexibility index (Phi) is 4.43. The molecule has 0 aliphatic carbocycles. The fourth-order valence-corrected chi connectivity index (χ4v) is 3.97. The van der Waals surface area contributed by atoms with E-state index in [0.717, 1.165) is 0 Å². The summed E-state index contributed by atoms with van der Waals surface area (Å²) in [6.45, 7) is 0.162. The van der Waals surface area contributed by atoms with Crippen LogP contribution in [-0.2, 0) is 11.3 Å². The first kappa shape index (κ1) is 18.9. The lowest BCUT2D eigenvalue weighted by atomic mass is 9.97. The fraction of sp³-hybridized carbons (Fsp3) is 0.125. The third-order valence-corrected chi connectivity index (χ3v) is 5.43. The monoisotopic (exact) mass is 415 g/mol. The zero-order valence-corrected chi connectivity index (χ0v) is 16.5. The highest BCUT2D eigenvalue weighted by molar-refractivity contribution is 5.99. The third-order valence-electron chi connectivity index (χ3n) is 5.43. The number of carbonyl (C=O) groups excluding carboxylic acids is 2. The highest BCUT2D eigenvalue weighted by atomic mass is 16.5. The lowest BCUT2D eigenvalue weighted by Crippen LogP contribution is -2.29. The number of nitrogens with zero attached hydrogens (tertiary/aromatic N) is 1. The predicted octanol–water partition coefficient (Wildman–Crippen LogP) is 3.92. The normalized spacial score (nSPS) is 15.3. The third kappa shape index (κ3) is 3.02. The zero-order valence-electron chi connectivity index (χ0n) is 16.5. The van der Waals surface area contributed by atoms with Gasteiger partial charge in [0.25, 0.3) is 5.91 Å². The second kappa shape index (κ2) is 7.28. The summed E-state index contributed by atoms with van der Waals surface area (Å²) in [5, 5.41) is 0.407. The number of amides is 1. The minimum atomic E-state index is -0.680. The van der Waals surface area contributed by atoms with Crippen LogP contribution in [0.15, 0.2) is 80.6 Å². The average Bonchev–Trinajstić information content (AvgIpc) is 3.41. The highest BCUT2D eigenvalue weighted by Crippen LogP contribution is 2.39. The summed E-state index contributed by atoms with van der Waals surface area (Å²) >= 11 is 0. The van der Waals surface area contributed by atoms with Gasteiger partial charge in [0.1, 0.15) is 11.3 Å². The molecule has 0 fully saturated rings. The lowest BCUT2D eigenvalue weighted by molar-refractivity contribution is 0.0599. The second-order valence-electron chi connectivity index (χ2n) is 7.20. The molecule has 0 bridgehead atoms. The van der Waals surface area contributed by atoms with E-state index in [1.807, 2.05) is 0 Å². The summed E-state index contributed by atoms with van der Waals surface area (Å²) in [5.74, 6) is -0.254. The van der Waals surface area contributed by atoms with Gasteiger partial charge in [0, 0.05) is 0 Å². The van der Waals surface area contributed by atoms with Gasteiger partial charge in [0.15, 0.2) is 5.43 Å². The summed E-state index contributed by atoms with van der Waals surface area (Å²) < 4.78 is 16.1. The van der Waals surface area contributed by atoms with Crippen molar-refractivity contribution in [3.05, 3.63) is 105 Å². The topological polar surface area (TPSA) is 90.0 Å². The van der Waals surface area contributed by atoms with Crippen LogP contribution in [-0.4, -0.2) is 23.9 Å². The predicted molar refractivity (Wildman–Crippen MR) is 111 cm³/mol. The van der Waals surface area contributed by atoms with Crippen molar-refractivity contribution in [1.29, 1.82) is 0 Å². The number of hydrogen-bond donors (Lipinski definition) is 0. The molecule has 0 unspecified atom stereocenters. The molecule has 154 valence electrons. The minimum Gasteiger partial charge on any atom is -0.467 e. The average molecular weight is 415 g/mol. The van der Waals surface area contributed by atoms with Crippen LogP contribution in [0.25, 0.3) is 11.0 Å². The lowest BCUT2D eigenvalue weighted by Gasteiger charge is -2.24. The van der Waals surface area contributed by atoms with Crippen LogP contribution in [0.1, 0.15) is 43.8 Å². The van der Waals surface area contributed by atoms with E-state index in [1.165, 1.54) is 13.4 Å². The van der Waals surface area contributed by atoms with E-state index in [0.29, 0.717) is 27.9 Å². The van der Waals surface area contributed by atoms with Gasteiger partial charge in [-0.05, 0) is 42.0 Å². The first-order chi connectivity index (χ1) is 15.1. The molecule has 5 rings (SSSR count). The molecule has 7 heteroatoms. The van der Waals surface area contributed by atoms with Crippen molar-refractivity contribution in [1.82, 2.24) is 4.90 Å². The van der Waals surface area contributed by atoms with E-state index < -0.39 is 17.9 Å². The van der Waals surface area contributed by atoms with Crippen LogP contribution >= 0.6 is 0 Å². The van der Waals surface area contributed by atoms with Gasteiger partial charge in [-0.1, -0.05) is 24.3 Å². The largest absolute Gasteiger partial charge is 0.467 e. The summed E-state index contributed by atoms with van der Waals surface area (Å²) in [4.78, 5) is 40.0. The maximum absolute atomic E-state index is 13.4. The van der Waals surface area contributed by atoms with Gasteiger partial charge >= 0.3 is 5.97 Å². The van der Waals surface area contributed by atoms with Crippen molar-refractivity contribution in [3.8, 4) is 0 Å². The molecular formula is C24H17NO6. The van der Waals surface area contributed by atoms with Crippen LogP contribution in [0, 0.1) is 0 Å². The van der Waals surface area contributed by atoms with Crippen molar-refractivity contribution < 1.29 is 23.2 Å². The Bertz CT molecular complexity index is 1350. The molecule has 0 N–H and O–H groups in total. The number of benzene rings is 2. The van der Waals surface area contributed by atoms with E-state index in [2.05, 4.69) is 0 Å². The maximum Gasteiger partial charge on any atom is 0.337 e. The van der Waals surface area contributed by atoms with Crippen molar-refractivity contribution in [2.45, 2.75) is 12.6 Å². The summed E-state index contributed by atoms with van der Waals surface area (Å²) in [6.07, 6.45) is 1.53. The quantitative estimate of drug-likeness (QED) is 0.470. The number of rotatable bonds is 4. The van der Waals surface area contributed by atoms with Crippen molar-refractivity contribution in [2.24, 2.45) is 0 Å². The number of ether oxygens (including phenoxy) is 1. The van der Waals surface area contributed by atoms with Gasteiger partial charge in [-0.3, -0.25) is 9.59 Å². The minimum absolute atomic E-state index is 0.0253. The Balaban J connectivity index is 1.69. The molecule has 7 nitrogen and oxygen atoms in total. The summed E-state index contributed by atoms with van der Waals surface area (Å²) in [7, 11) is 1.31. The smallest absolute Gasteiger partial charge is 0.337 e. The Labute approximate surface area is 176 Å². The SMILES string of the molecule is COC(=O)c1ccc([C@H]2c3c(oc4ccccc4c3=O)C(=O)N2Cc2ccco2)cc1. The van der Waals surface area contributed by atoms with Crippen molar-refractivity contribution in [3.63, 3.8) is 0 Å². The van der Waals surface area contributed by atoms with Gasteiger partial charge < -0.3 is 18.5 Å².